The molecule has 120 valence electrons. The first kappa shape index (κ1) is 15.5. The van der Waals surface area contributed by atoms with Crippen molar-refractivity contribution in [3.8, 4) is 22.6 Å². The summed E-state index contributed by atoms with van der Waals surface area (Å²) in [5.41, 5.74) is 13.0. The third kappa shape index (κ3) is 3.03. The van der Waals surface area contributed by atoms with Crippen molar-refractivity contribution in [2.75, 3.05) is 5.73 Å². The van der Waals surface area contributed by atoms with Gasteiger partial charge in [-0.25, -0.2) is 4.39 Å². The number of nitrogens with two attached hydrogens (primary N) is 2. The molecule has 0 spiro atoms. The van der Waals surface area contributed by atoms with E-state index in [9.17, 15) is 4.39 Å². The molecule has 0 aliphatic heterocycles. The summed E-state index contributed by atoms with van der Waals surface area (Å²) in [6, 6.07) is 13.4. The summed E-state index contributed by atoms with van der Waals surface area (Å²) in [6.45, 7) is 0. The highest BCUT2D eigenvalue weighted by Gasteiger charge is 2.14. The molecule has 5 nitrogen and oxygen atoms in total. The van der Waals surface area contributed by atoms with Gasteiger partial charge in [0.25, 0.3) is 0 Å². The molecule has 1 heterocycles. The van der Waals surface area contributed by atoms with E-state index in [-0.39, 0.29) is 17.3 Å². The largest absolute Gasteiger partial charge is 0.454 e. The molecule has 3 rings (SSSR count). The second-order valence-corrected chi connectivity index (χ2v) is 5.13. The second-order valence-electron chi connectivity index (χ2n) is 5.13. The molecule has 0 fully saturated rings. The minimum Gasteiger partial charge on any atom is -0.454 e. The van der Waals surface area contributed by atoms with Gasteiger partial charge in [0.1, 0.15) is 11.6 Å². The number of ether oxygens (including phenoxy) is 1. The van der Waals surface area contributed by atoms with E-state index < -0.39 is 5.82 Å². The van der Waals surface area contributed by atoms with Crippen LogP contribution in [0, 0.1) is 11.2 Å². The molecule has 6 heteroatoms. The zero-order valence-corrected chi connectivity index (χ0v) is 12.7. The number of aromatic nitrogens is 1. The molecule has 0 saturated heterocycles. The Morgan fingerprint density at radius 3 is 2.50 bits per heavy atom. The van der Waals surface area contributed by atoms with Crippen LogP contribution in [0.1, 0.15) is 5.56 Å². The number of amidine groups is 1. The van der Waals surface area contributed by atoms with Gasteiger partial charge >= 0.3 is 0 Å². The van der Waals surface area contributed by atoms with E-state index >= 15 is 0 Å². The van der Waals surface area contributed by atoms with Gasteiger partial charge in [-0.2, -0.15) is 0 Å². The van der Waals surface area contributed by atoms with Crippen LogP contribution >= 0.6 is 0 Å². The second kappa shape index (κ2) is 6.37. The molecular formula is C18H15FN4O. The van der Waals surface area contributed by atoms with Crippen LogP contribution in [-0.4, -0.2) is 10.8 Å². The van der Waals surface area contributed by atoms with E-state index in [1.54, 1.807) is 30.3 Å². The van der Waals surface area contributed by atoms with Crippen LogP contribution in [0.3, 0.4) is 0 Å². The highest BCUT2D eigenvalue weighted by molar-refractivity contribution is 6.05. The number of benzene rings is 2. The Labute approximate surface area is 138 Å². The van der Waals surface area contributed by atoms with Gasteiger partial charge in [0.2, 0.25) is 0 Å². The van der Waals surface area contributed by atoms with Crippen LogP contribution in [-0.2, 0) is 0 Å². The fourth-order valence-corrected chi connectivity index (χ4v) is 2.36. The number of pyridine rings is 1. The van der Waals surface area contributed by atoms with Crippen LogP contribution in [0.5, 0.6) is 11.5 Å². The predicted molar refractivity (Wildman–Crippen MR) is 91.6 cm³/mol. The number of rotatable bonds is 4. The number of halogens is 1. The number of hydrogen-bond donors (Lipinski definition) is 3. The lowest BCUT2D eigenvalue weighted by molar-refractivity contribution is 0.442. The summed E-state index contributed by atoms with van der Waals surface area (Å²) in [6.07, 6.45) is 2.91. The molecule has 0 aliphatic carbocycles. The van der Waals surface area contributed by atoms with E-state index in [1.807, 2.05) is 6.07 Å². The minimum atomic E-state index is -0.534. The van der Waals surface area contributed by atoms with Crippen molar-refractivity contribution in [1.29, 1.82) is 5.41 Å². The van der Waals surface area contributed by atoms with E-state index in [4.69, 9.17) is 21.6 Å². The number of nitrogens with zero attached hydrogens (tertiary/aromatic N) is 1. The molecule has 0 bridgehead atoms. The van der Waals surface area contributed by atoms with Crippen LogP contribution in [0.25, 0.3) is 11.1 Å². The lowest BCUT2D eigenvalue weighted by atomic mass is 10.00. The Balaban J connectivity index is 1.99. The van der Waals surface area contributed by atoms with Crippen molar-refractivity contribution < 1.29 is 9.13 Å². The van der Waals surface area contributed by atoms with Gasteiger partial charge in [0.05, 0.1) is 11.9 Å². The third-order valence-electron chi connectivity index (χ3n) is 3.46. The van der Waals surface area contributed by atoms with Gasteiger partial charge in [-0.15, -0.1) is 0 Å². The predicted octanol–water partition coefficient (Wildman–Crippen LogP) is 3.55. The molecule has 0 aliphatic rings. The Bertz CT molecular complexity index is 897. The average molecular weight is 322 g/mol. The summed E-state index contributed by atoms with van der Waals surface area (Å²) < 4.78 is 19.9. The summed E-state index contributed by atoms with van der Waals surface area (Å²) in [5, 5.41) is 7.66. The number of hydrogen-bond acceptors (Lipinski definition) is 4. The SMILES string of the molecule is N=C(N)c1c(N)cncc1-c1ccc(Oc2ccccc2)c(F)c1. The number of anilines is 1. The fourth-order valence-electron chi connectivity index (χ4n) is 2.36. The topological polar surface area (TPSA) is 98.0 Å². The molecule has 2 aromatic carbocycles. The highest BCUT2D eigenvalue weighted by Crippen LogP contribution is 2.31. The minimum absolute atomic E-state index is 0.103. The van der Waals surface area contributed by atoms with Crippen molar-refractivity contribution in [3.63, 3.8) is 0 Å². The number of nitrogens with one attached hydrogen (secondary N) is 1. The first-order valence-corrected chi connectivity index (χ1v) is 7.17. The molecule has 3 aromatic rings. The Morgan fingerprint density at radius 2 is 1.83 bits per heavy atom. The Hall–Kier alpha value is -3.41. The van der Waals surface area contributed by atoms with Gasteiger partial charge < -0.3 is 16.2 Å². The molecule has 1 aromatic heterocycles. The van der Waals surface area contributed by atoms with Crippen LogP contribution in [0.15, 0.2) is 60.9 Å². The first-order valence-electron chi connectivity index (χ1n) is 7.17. The van der Waals surface area contributed by atoms with Crippen molar-refractivity contribution in [2.45, 2.75) is 0 Å². The maximum Gasteiger partial charge on any atom is 0.166 e. The van der Waals surface area contributed by atoms with Crippen molar-refractivity contribution >= 4 is 11.5 Å². The smallest absolute Gasteiger partial charge is 0.166 e. The molecule has 0 atom stereocenters. The van der Waals surface area contributed by atoms with E-state index in [2.05, 4.69) is 4.98 Å². The lowest BCUT2D eigenvalue weighted by Crippen LogP contribution is -2.15. The highest BCUT2D eigenvalue weighted by atomic mass is 19.1. The quantitative estimate of drug-likeness (QED) is 0.505. The van der Waals surface area contributed by atoms with Gasteiger partial charge in [-0.05, 0) is 29.8 Å². The zero-order valence-electron chi connectivity index (χ0n) is 12.7. The van der Waals surface area contributed by atoms with Crippen molar-refractivity contribution in [1.82, 2.24) is 4.98 Å². The van der Waals surface area contributed by atoms with Crippen molar-refractivity contribution in [3.05, 3.63) is 72.3 Å². The number of nitrogen functional groups attached to an aromatic ring is 2. The molecule has 0 unspecified atom stereocenters. The molecule has 0 radical (unpaired) electrons. The van der Waals surface area contributed by atoms with Crippen LogP contribution < -0.4 is 16.2 Å². The Kier molecular flexibility index (Phi) is 4.11. The van der Waals surface area contributed by atoms with Gasteiger partial charge in [-0.3, -0.25) is 10.4 Å². The third-order valence-corrected chi connectivity index (χ3v) is 3.46. The Morgan fingerprint density at radius 1 is 1.08 bits per heavy atom. The van der Waals surface area contributed by atoms with Gasteiger partial charge in [0, 0.05) is 17.3 Å². The van der Waals surface area contributed by atoms with E-state index in [0.29, 0.717) is 22.4 Å². The molecular weight excluding hydrogens is 307 g/mol. The molecule has 0 amide bonds. The van der Waals surface area contributed by atoms with Crippen LogP contribution in [0.2, 0.25) is 0 Å². The standard InChI is InChI=1S/C18H15FN4O/c19-14-8-11(13-9-23-10-15(20)17(13)18(21)22)6-7-16(14)24-12-4-2-1-3-5-12/h1-10H,20H2,(H3,21,22). The summed E-state index contributed by atoms with van der Waals surface area (Å²) in [5.74, 6) is -0.0893. The molecule has 24 heavy (non-hydrogen) atoms. The maximum absolute atomic E-state index is 14.4. The molecule has 5 N–H and O–H groups in total. The van der Waals surface area contributed by atoms with E-state index in [0.717, 1.165) is 0 Å². The monoisotopic (exact) mass is 322 g/mol. The van der Waals surface area contributed by atoms with Crippen molar-refractivity contribution in [2.24, 2.45) is 5.73 Å². The fraction of sp³-hybridized carbons (Fsp3) is 0. The summed E-state index contributed by atoms with van der Waals surface area (Å²) in [7, 11) is 0. The van der Waals surface area contributed by atoms with Crippen LogP contribution in [0.4, 0.5) is 10.1 Å². The lowest BCUT2D eigenvalue weighted by Gasteiger charge is -2.12. The average Bonchev–Trinajstić information content (AvgIpc) is 2.57. The number of para-hydroxylation sites is 1. The normalized spacial score (nSPS) is 10.4. The van der Waals surface area contributed by atoms with E-state index in [1.165, 1.54) is 24.5 Å². The van der Waals surface area contributed by atoms with Gasteiger partial charge in [-0.1, -0.05) is 24.3 Å². The molecule has 0 saturated carbocycles. The summed E-state index contributed by atoms with van der Waals surface area (Å²) in [4.78, 5) is 3.99. The zero-order chi connectivity index (χ0) is 17.1. The summed E-state index contributed by atoms with van der Waals surface area (Å²) >= 11 is 0. The first-order chi connectivity index (χ1) is 11.6. The maximum atomic E-state index is 14.4. The van der Waals surface area contributed by atoms with Gasteiger partial charge in [0.15, 0.2) is 11.6 Å².